The van der Waals surface area contributed by atoms with Gasteiger partial charge in [0.15, 0.2) is 0 Å². The van der Waals surface area contributed by atoms with E-state index < -0.39 is 0 Å². The third-order valence-corrected chi connectivity index (χ3v) is 3.19. The van der Waals surface area contributed by atoms with Crippen LogP contribution in [0.1, 0.15) is 56.8 Å². The summed E-state index contributed by atoms with van der Waals surface area (Å²) >= 11 is 5.37. The zero-order valence-electron chi connectivity index (χ0n) is 11.5. The molecule has 0 amide bonds. The summed E-state index contributed by atoms with van der Waals surface area (Å²) in [4.78, 5) is 7.81. The standard InChI is InChI=1S/C13H22N2OS/c1-7(2)10-9(5)14-12(15-13(10)17)11(16-6)8(3)4/h7-8,11H,1-6H3,(H,14,15,17). The van der Waals surface area contributed by atoms with Crippen LogP contribution in [-0.4, -0.2) is 17.1 Å². The van der Waals surface area contributed by atoms with Crippen LogP contribution < -0.4 is 0 Å². The Balaban J connectivity index is 3.27. The Labute approximate surface area is 109 Å². The van der Waals surface area contributed by atoms with Gasteiger partial charge in [-0.25, -0.2) is 4.98 Å². The number of rotatable bonds is 4. The van der Waals surface area contributed by atoms with Crippen molar-refractivity contribution < 1.29 is 4.74 Å². The van der Waals surface area contributed by atoms with E-state index in [-0.39, 0.29) is 6.10 Å². The Morgan fingerprint density at radius 2 is 1.82 bits per heavy atom. The summed E-state index contributed by atoms with van der Waals surface area (Å²) in [5.74, 6) is 1.58. The van der Waals surface area contributed by atoms with Crippen molar-refractivity contribution in [3.8, 4) is 0 Å². The molecule has 1 aromatic heterocycles. The van der Waals surface area contributed by atoms with Gasteiger partial charge in [-0.2, -0.15) is 0 Å². The zero-order valence-corrected chi connectivity index (χ0v) is 12.3. The molecule has 96 valence electrons. The van der Waals surface area contributed by atoms with Crippen LogP contribution in [0.5, 0.6) is 0 Å². The van der Waals surface area contributed by atoms with E-state index in [0.717, 1.165) is 17.1 Å². The number of nitrogens with one attached hydrogen (secondary N) is 1. The predicted octanol–water partition coefficient (Wildman–Crippen LogP) is 3.91. The number of aromatic amines is 1. The largest absolute Gasteiger partial charge is 0.373 e. The fourth-order valence-electron chi connectivity index (χ4n) is 2.13. The van der Waals surface area contributed by atoms with Gasteiger partial charge in [0.2, 0.25) is 0 Å². The molecule has 1 atom stereocenters. The molecule has 0 aromatic carbocycles. The lowest BCUT2D eigenvalue weighted by Crippen LogP contribution is -2.15. The van der Waals surface area contributed by atoms with Gasteiger partial charge in [0, 0.05) is 18.4 Å². The van der Waals surface area contributed by atoms with Crippen LogP contribution in [0.2, 0.25) is 0 Å². The second-order valence-corrected chi connectivity index (χ2v) is 5.41. The SMILES string of the molecule is COC(c1nc(=S)c(C(C)C)c(C)[nH]1)C(C)C. The van der Waals surface area contributed by atoms with Gasteiger partial charge in [-0.15, -0.1) is 0 Å². The molecule has 0 aliphatic carbocycles. The van der Waals surface area contributed by atoms with Gasteiger partial charge >= 0.3 is 0 Å². The smallest absolute Gasteiger partial charge is 0.137 e. The second kappa shape index (κ2) is 5.74. The van der Waals surface area contributed by atoms with Crippen LogP contribution in [-0.2, 0) is 4.74 Å². The van der Waals surface area contributed by atoms with Crippen molar-refractivity contribution in [2.24, 2.45) is 5.92 Å². The molecule has 1 aromatic rings. The van der Waals surface area contributed by atoms with Crippen LogP contribution in [0.15, 0.2) is 0 Å². The minimum Gasteiger partial charge on any atom is -0.373 e. The number of methoxy groups -OCH3 is 1. The molecule has 1 rings (SSSR count). The maximum Gasteiger partial charge on any atom is 0.137 e. The van der Waals surface area contributed by atoms with Crippen molar-refractivity contribution in [2.75, 3.05) is 7.11 Å². The molecule has 1 N–H and O–H groups in total. The van der Waals surface area contributed by atoms with Gasteiger partial charge in [0.05, 0.1) is 0 Å². The predicted molar refractivity (Wildman–Crippen MR) is 72.8 cm³/mol. The Morgan fingerprint density at radius 1 is 1.24 bits per heavy atom. The average molecular weight is 254 g/mol. The van der Waals surface area contributed by atoms with Crippen molar-refractivity contribution in [1.82, 2.24) is 9.97 Å². The van der Waals surface area contributed by atoms with Crippen molar-refractivity contribution in [3.63, 3.8) is 0 Å². The Morgan fingerprint density at radius 3 is 2.18 bits per heavy atom. The fraction of sp³-hybridized carbons (Fsp3) is 0.692. The van der Waals surface area contributed by atoms with Gasteiger partial charge in [-0.3, -0.25) is 0 Å². The lowest BCUT2D eigenvalue weighted by molar-refractivity contribution is 0.0572. The molecule has 17 heavy (non-hydrogen) atoms. The molecule has 1 heterocycles. The van der Waals surface area contributed by atoms with Crippen LogP contribution in [0.3, 0.4) is 0 Å². The molecule has 0 spiro atoms. The second-order valence-electron chi connectivity index (χ2n) is 5.02. The number of aryl methyl sites for hydroxylation is 1. The minimum atomic E-state index is -0.0309. The summed E-state index contributed by atoms with van der Waals surface area (Å²) in [5, 5.41) is 0. The highest BCUT2D eigenvalue weighted by atomic mass is 32.1. The third kappa shape index (κ3) is 3.13. The highest BCUT2D eigenvalue weighted by Crippen LogP contribution is 2.25. The van der Waals surface area contributed by atoms with Gasteiger partial charge in [0.1, 0.15) is 16.6 Å². The van der Waals surface area contributed by atoms with Gasteiger partial charge in [-0.1, -0.05) is 39.9 Å². The quantitative estimate of drug-likeness (QED) is 0.828. The molecule has 4 heteroatoms. The molecule has 0 radical (unpaired) electrons. The summed E-state index contributed by atoms with van der Waals surface area (Å²) in [6.07, 6.45) is -0.0309. The molecule has 3 nitrogen and oxygen atoms in total. The van der Waals surface area contributed by atoms with E-state index in [0.29, 0.717) is 16.5 Å². The molecule has 0 aliphatic rings. The van der Waals surface area contributed by atoms with Crippen molar-refractivity contribution >= 4 is 12.2 Å². The number of nitrogens with zero attached hydrogens (tertiary/aromatic N) is 1. The fourth-order valence-corrected chi connectivity index (χ4v) is 2.62. The highest BCUT2D eigenvalue weighted by Gasteiger charge is 2.19. The number of aromatic nitrogens is 2. The number of hydrogen-bond donors (Lipinski definition) is 1. The van der Waals surface area contributed by atoms with Crippen molar-refractivity contribution in [2.45, 2.75) is 46.6 Å². The van der Waals surface area contributed by atoms with Crippen LogP contribution in [0, 0.1) is 17.5 Å². The van der Waals surface area contributed by atoms with E-state index >= 15 is 0 Å². The first kappa shape index (κ1) is 14.3. The average Bonchev–Trinajstić information content (AvgIpc) is 2.15. The van der Waals surface area contributed by atoms with E-state index in [2.05, 4.69) is 37.7 Å². The molecular weight excluding hydrogens is 232 g/mol. The third-order valence-electron chi connectivity index (χ3n) is 2.88. The lowest BCUT2D eigenvalue weighted by Gasteiger charge is -2.20. The molecule has 0 saturated carbocycles. The first-order valence-corrected chi connectivity index (χ1v) is 6.42. The number of hydrogen-bond acceptors (Lipinski definition) is 3. The number of H-pyrrole nitrogens is 1. The minimum absolute atomic E-state index is 0.0309. The van der Waals surface area contributed by atoms with Gasteiger partial charge in [0.25, 0.3) is 0 Å². The van der Waals surface area contributed by atoms with Gasteiger partial charge in [-0.05, 0) is 18.8 Å². The summed E-state index contributed by atoms with van der Waals surface area (Å²) in [7, 11) is 1.70. The Kier molecular flexibility index (Phi) is 4.83. The Bertz CT molecular complexity index is 438. The van der Waals surface area contributed by atoms with E-state index in [9.17, 15) is 0 Å². The molecular formula is C13H22N2OS. The summed E-state index contributed by atoms with van der Waals surface area (Å²) in [6.45, 7) is 10.5. The normalized spacial score (nSPS) is 13.4. The molecule has 0 fully saturated rings. The highest BCUT2D eigenvalue weighted by molar-refractivity contribution is 7.71. The summed E-state index contributed by atoms with van der Waals surface area (Å²) in [5.41, 5.74) is 2.22. The molecule has 0 aliphatic heterocycles. The van der Waals surface area contributed by atoms with Crippen LogP contribution >= 0.6 is 12.2 Å². The van der Waals surface area contributed by atoms with E-state index in [4.69, 9.17) is 17.0 Å². The summed E-state index contributed by atoms with van der Waals surface area (Å²) in [6, 6.07) is 0. The van der Waals surface area contributed by atoms with Crippen LogP contribution in [0.4, 0.5) is 0 Å². The van der Waals surface area contributed by atoms with Gasteiger partial charge < -0.3 is 9.72 Å². The maximum atomic E-state index is 5.47. The summed E-state index contributed by atoms with van der Waals surface area (Å²) < 4.78 is 6.16. The van der Waals surface area contributed by atoms with E-state index in [1.165, 1.54) is 0 Å². The maximum absolute atomic E-state index is 5.47. The van der Waals surface area contributed by atoms with E-state index in [1.807, 2.05) is 6.92 Å². The first-order valence-electron chi connectivity index (χ1n) is 6.02. The molecule has 1 unspecified atom stereocenters. The topological polar surface area (TPSA) is 37.9 Å². The molecule has 0 saturated heterocycles. The number of ether oxygens (including phenoxy) is 1. The van der Waals surface area contributed by atoms with Crippen molar-refractivity contribution in [1.29, 1.82) is 0 Å². The molecule has 0 bridgehead atoms. The first-order chi connectivity index (χ1) is 7.88. The van der Waals surface area contributed by atoms with E-state index in [1.54, 1.807) is 7.11 Å². The van der Waals surface area contributed by atoms with Crippen molar-refractivity contribution in [3.05, 3.63) is 21.7 Å². The Hall–Kier alpha value is -0.740. The zero-order chi connectivity index (χ0) is 13.2. The van der Waals surface area contributed by atoms with Crippen LogP contribution in [0.25, 0.3) is 0 Å². The lowest BCUT2D eigenvalue weighted by atomic mass is 10.0. The monoisotopic (exact) mass is 254 g/mol.